The van der Waals surface area contributed by atoms with E-state index in [1.165, 1.54) is 5.56 Å². The molecule has 0 unspecified atom stereocenters. The third kappa shape index (κ3) is 4.19. The van der Waals surface area contributed by atoms with E-state index in [1.54, 1.807) is 24.3 Å². The molecule has 1 fully saturated rings. The van der Waals surface area contributed by atoms with Gasteiger partial charge in [-0.2, -0.15) is 8.42 Å². The zero-order valence-electron chi connectivity index (χ0n) is 13.1. The molecule has 1 aliphatic heterocycles. The van der Waals surface area contributed by atoms with Crippen molar-refractivity contribution in [1.82, 2.24) is 0 Å². The highest BCUT2D eigenvalue weighted by Crippen LogP contribution is 2.33. The summed E-state index contributed by atoms with van der Waals surface area (Å²) in [5.41, 5.74) is 1.76. The van der Waals surface area contributed by atoms with E-state index in [2.05, 4.69) is 12.1 Å². The maximum Gasteiger partial charge on any atom is 0.297 e. The van der Waals surface area contributed by atoms with E-state index in [0.29, 0.717) is 6.61 Å². The lowest BCUT2D eigenvalue weighted by Crippen LogP contribution is -2.23. The molecule has 122 valence electrons. The van der Waals surface area contributed by atoms with Crippen LogP contribution < -0.4 is 0 Å². The van der Waals surface area contributed by atoms with Crippen LogP contribution >= 0.6 is 0 Å². The second-order valence-corrected chi connectivity index (χ2v) is 7.60. The number of ether oxygens (including phenoxy) is 1. The Kier molecular flexibility index (Phi) is 4.53. The molecular formula is C18H20O4S. The Morgan fingerprint density at radius 3 is 2.35 bits per heavy atom. The van der Waals surface area contributed by atoms with Crippen molar-refractivity contribution in [2.75, 3.05) is 13.2 Å². The Bertz CT molecular complexity index is 747. The Morgan fingerprint density at radius 1 is 1.09 bits per heavy atom. The molecule has 0 aromatic heterocycles. The van der Waals surface area contributed by atoms with Crippen molar-refractivity contribution in [3.05, 3.63) is 65.7 Å². The zero-order chi connectivity index (χ0) is 16.3. The summed E-state index contributed by atoms with van der Waals surface area (Å²) in [5, 5.41) is 0. The van der Waals surface area contributed by atoms with Crippen molar-refractivity contribution >= 4 is 10.1 Å². The molecule has 0 spiro atoms. The zero-order valence-corrected chi connectivity index (χ0v) is 13.9. The minimum Gasteiger partial charge on any atom is -0.367 e. The number of aryl methyl sites for hydroxylation is 2. The normalized spacial score (nSPS) is 20.4. The number of hydrogen-bond acceptors (Lipinski definition) is 4. The van der Waals surface area contributed by atoms with Gasteiger partial charge in [-0.15, -0.1) is 0 Å². The fourth-order valence-electron chi connectivity index (χ4n) is 2.38. The molecule has 1 heterocycles. The molecule has 3 rings (SSSR count). The summed E-state index contributed by atoms with van der Waals surface area (Å²) >= 11 is 0. The van der Waals surface area contributed by atoms with Crippen molar-refractivity contribution in [1.29, 1.82) is 0 Å². The van der Waals surface area contributed by atoms with Gasteiger partial charge in [-0.05, 0) is 37.5 Å². The number of hydrogen-bond donors (Lipinski definition) is 0. The predicted octanol–water partition coefficient (Wildman–Crippen LogP) is 3.10. The highest BCUT2D eigenvalue weighted by atomic mass is 32.2. The maximum atomic E-state index is 12.2. The topological polar surface area (TPSA) is 55.9 Å². The first-order chi connectivity index (χ1) is 11.0. The summed E-state index contributed by atoms with van der Waals surface area (Å²) < 4.78 is 35.1. The van der Waals surface area contributed by atoms with Crippen molar-refractivity contribution in [3.8, 4) is 0 Å². The molecule has 4 nitrogen and oxygen atoms in total. The van der Waals surface area contributed by atoms with Crippen LogP contribution in [0.2, 0.25) is 0 Å². The van der Waals surface area contributed by atoms with E-state index in [1.807, 2.05) is 25.1 Å². The Labute approximate surface area is 137 Å². The van der Waals surface area contributed by atoms with Gasteiger partial charge in [0, 0.05) is 0 Å². The smallest absolute Gasteiger partial charge is 0.297 e. The molecule has 1 saturated heterocycles. The number of epoxide rings is 1. The minimum absolute atomic E-state index is 0.0655. The van der Waals surface area contributed by atoms with Crippen LogP contribution in [0.1, 0.15) is 17.5 Å². The lowest BCUT2D eigenvalue weighted by Gasteiger charge is -2.12. The first-order valence-corrected chi connectivity index (χ1v) is 9.04. The monoisotopic (exact) mass is 332 g/mol. The summed E-state index contributed by atoms with van der Waals surface area (Å²) in [5.74, 6) is 0. The maximum absolute atomic E-state index is 12.2. The van der Waals surface area contributed by atoms with Crippen LogP contribution in [0.15, 0.2) is 59.5 Å². The van der Waals surface area contributed by atoms with Gasteiger partial charge in [0.05, 0.1) is 18.1 Å². The summed E-state index contributed by atoms with van der Waals surface area (Å²) in [6.45, 7) is 2.52. The molecule has 1 aliphatic rings. The fourth-order valence-corrected chi connectivity index (χ4v) is 3.35. The highest BCUT2D eigenvalue weighted by Gasteiger charge is 2.45. The van der Waals surface area contributed by atoms with Crippen LogP contribution in [0.3, 0.4) is 0 Å². The molecule has 2 aromatic carbocycles. The summed E-state index contributed by atoms with van der Waals surface area (Å²) in [4.78, 5) is 0.182. The highest BCUT2D eigenvalue weighted by molar-refractivity contribution is 7.86. The van der Waals surface area contributed by atoms with Crippen LogP contribution in [0.4, 0.5) is 0 Å². The van der Waals surface area contributed by atoms with Crippen LogP contribution in [0.5, 0.6) is 0 Å². The second kappa shape index (κ2) is 6.43. The summed E-state index contributed by atoms with van der Waals surface area (Å²) in [6.07, 6.45) is 1.59. The number of benzene rings is 2. The third-order valence-corrected chi connectivity index (χ3v) is 5.33. The van der Waals surface area contributed by atoms with Crippen molar-refractivity contribution in [2.24, 2.45) is 0 Å². The van der Waals surface area contributed by atoms with E-state index in [9.17, 15) is 8.42 Å². The molecule has 0 amide bonds. The van der Waals surface area contributed by atoms with Gasteiger partial charge in [0.15, 0.2) is 0 Å². The molecule has 0 saturated carbocycles. The second-order valence-electron chi connectivity index (χ2n) is 5.99. The van der Waals surface area contributed by atoms with E-state index in [0.717, 1.165) is 18.4 Å². The van der Waals surface area contributed by atoms with Crippen molar-refractivity contribution < 1.29 is 17.3 Å². The van der Waals surface area contributed by atoms with Crippen LogP contribution in [0, 0.1) is 6.92 Å². The predicted molar refractivity (Wildman–Crippen MR) is 87.8 cm³/mol. The van der Waals surface area contributed by atoms with Crippen LogP contribution in [-0.4, -0.2) is 27.2 Å². The SMILES string of the molecule is Cc1ccc(S(=O)(=O)OC[C@@]2(CCc3ccccc3)CO2)cc1. The van der Waals surface area contributed by atoms with Gasteiger partial charge in [-0.3, -0.25) is 4.18 Å². The van der Waals surface area contributed by atoms with E-state index in [4.69, 9.17) is 8.92 Å². The van der Waals surface area contributed by atoms with Gasteiger partial charge in [-0.25, -0.2) is 0 Å². The van der Waals surface area contributed by atoms with E-state index >= 15 is 0 Å². The summed E-state index contributed by atoms with van der Waals surface area (Å²) in [6, 6.07) is 16.7. The van der Waals surface area contributed by atoms with Crippen molar-refractivity contribution in [3.63, 3.8) is 0 Å². The molecule has 2 aromatic rings. The first kappa shape index (κ1) is 16.2. The third-order valence-electron chi connectivity index (χ3n) is 4.05. The first-order valence-electron chi connectivity index (χ1n) is 7.63. The molecule has 0 bridgehead atoms. The molecule has 0 radical (unpaired) electrons. The van der Waals surface area contributed by atoms with E-state index < -0.39 is 15.7 Å². The molecule has 1 atom stereocenters. The largest absolute Gasteiger partial charge is 0.367 e. The Balaban J connectivity index is 1.58. The molecule has 23 heavy (non-hydrogen) atoms. The average molecular weight is 332 g/mol. The van der Waals surface area contributed by atoms with Gasteiger partial charge >= 0.3 is 0 Å². The van der Waals surface area contributed by atoms with E-state index in [-0.39, 0.29) is 11.5 Å². The Hall–Kier alpha value is -1.69. The standard InChI is InChI=1S/C18H20O4S/c1-15-7-9-17(10-8-15)23(19,20)22-14-18(13-21-18)12-11-16-5-3-2-4-6-16/h2-10H,11-14H2,1H3/t18-/m1/s1. The van der Waals surface area contributed by atoms with Gasteiger partial charge in [0.25, 0.3) is 10.1 Å². The van der Waals surface area contributed by atoms with Gasteiger partial charge in [0.2, 0.25) is 0 Å². The van der Waals surface area contributed by atoms with Gasteiger partial charge in [-0.1, -0.05) is 48.0 Å². The van der Waals surface area contributed by atoms with Crippen LogP contribution in [0.25, 0.3) is 0 Å². The summed E-state index contributed by atoms with van der Waals surface area (Å²) in [7, 11) is -3.73. The lowest BCUT2D eigenvalue weighted by atomic mass is 10.0. The van der Waals surface area contributed by atoms with Gasteiger partial charge < -0.3 is 4.74 Å². The fraction of sp³-hybridized carbons (Fsp3) is 0.333. The van der Waals surface area contributed by atoms with Crippen molar-refractivity contribution in [2.45, 2.75) is 30.3 Å². The Morgan fingerprint density at radius 2 is 1.74 bits per heavy atom. The molecule has 0 N–H and O–H groups in total. The molecular weight excluding hydrogens is 312 g/mol. The minimum atomic E-state index is -3.73. The quantitative estimate of drug-likeness (QED) is 0.577. The van der Waals surface area contributed by atoms with Crippen LogP contribution in [-0.2, 0) is 25.5 Å². The van der Waals surface area contributed by atoms with Gasteiger partial charge in [0.1, 0.15) is 5.60 Å². The molecule has 0 aliphatic carbocycles. The lowest BCUT2D eigenvalue weighted by molar-refractivity contribution is 0.185. The average Bonchev–Trinajstić information content (AvgIpc) is 3.33. The molecule has 5 heteroatoms. The number of rotatable bonds is 7.